The molecular formula is C8H17NO. The van der Waals surface area contributed by atoms with E-state index in [1.165, 1.54) is 0 Å². The van der Waals surface area contributed by atoms with Gasteiger partial charge in [0.05, 0.1) is 0 Å². The Morgan fingerprint density at radius 3 is 2.30 bits per heavy atom. The van der Waals surface area contributed by atoms with E-state index >= 15 is 0 Å². The number of hydrogen-bond acceptors (Lipinski definition) is 1. The first kappa shape index (κ1) is 9.47. The second-order valence-corrected chi connectivity index (χ2v) is 2.62. The zero-order valence-electron chi connectivity index (χ0n) is 7.35. The molecule has 0 heterocycles. The normalized spacial score (nSPS) is 12.8. The van der Waals surface area contributed by atoms with Crippen molar-refractivity contribution in [3.8, 4) is 0 Å². The summed E-state index contributed by atoms with van der Waals surface area (Å²) in [7, 11) is 1.86. The molecule has 0 aliphatic carbocycles. The van der Waals surface area contributed by atoms with Crippen LogP contribution < -0.4 is 0 Å². The second kappa shape index (κ2) is 4.31. The Hall–Kier alpha value is -0.530. The van der Waals surface area contributed by atoms with Gasteiger partial charge >= 0.3 is 0 Å². The van der Waals surface area contributed by atoms with Crippen LogP contribution >= 0.6 is 0 Å². The molecule has 0 aromatic rings. The summed E-state index contributed by atoms with van der Waals surface area (Å²) in [4.78, 5) is 12.8. The van der Waals surface area contributed by atoms with E-state index in [-0.39, 0.29) is 5.91 Å². The lowest BCUT2D eigenvalue weighted by molar-refractivity contribution is -0.131. The van der Waals surface area contributed by atoms with Crippen LogP contribution in [0.5, 0.6) is 0 Å². The van der Waals surface area contributed by atoms with Crippen LogP contribution in [0.2, 0.25) is 0 Å². The Bertz CT molecular complexity index is 112. The number of rotatable bonds is 3. The first-order chi connectivity index (χ1) is 4.63. The smallest absolute Gasteiger partial charge is 0.222 e. The van der Waals surface area contributed by atoms with Crippen LogP contribution in [-0.4, -0.2) is 23.9 Å². The third-order valence-corrected chi connectivity index (χ3v) is 1.95. The summed E-state index contributed by atoms with van der Waals surface area (Å²) >= 11 is 0. The van der Waals surface area contributed by atoms with E-state index in [1.807, 2.05) is 14.0 Å². The van der Waals surface area contributed by atoms with E-state index in [0.29, 0.717) is 12.5 Å². The molecular weight excluding hydrogens is 126 g/mol. The topological polar surface area (TPSA) is 20.3 Å². The lowest BCUT2D eigenvalue weighted by atomic mass is 10.2. The van der Waals surface area contributed by atoms with Gasteiger partial charge in [0.15, 0.2) is 0 Å². The van der Waals surface area contributed by atoms with Gasteiger partial charge in [-0.15, -0.1) is 0 Å². The number of carbonyl (C=O) groups is 1. The molecule has 2 heteroatoms. The molecule has 60 valence electrons. The molecule has 0 radical (unpaired) electrons. The zero-order chi connectivity index (χ0) is 8.15. The average molecular weight is 143 g/mol. The SMILES string of the molecule is CCC(=O)N(C)C(C)CC. The van der Waals surface area contributed by atoms with Crippen molar-refractivity contribution in [2.24, 2.45) is 0 Å². The van der Waals surface area contributed by atoms with Crippen LogP contribution in [0.25, 0.3) is 0 Å². The molecule has 0 saturated heterocycles. The van der Waals surface area contributed by atoms with Gasteiger partial charge in [0.25, 0.3) is 0 Å². The molecule has 0 aliphatic rings. The predicted molar refractivity (Wildman–Crippen MR) is 42.8 cm³/mol. The van der Waals surface area contributed by atoms with Gasteiger partial charge in [-0.3, -0.25) is 4.79 Å². The van der Waals surface area contributed by atoms with Gasteiger partial charge in [-0.05, 0) is 13.3 Å². The maximum absolute atomic E-state index is 11.0. The Morgan fingerprint density at radius 2 is 2.00 bits per heavy atom. The van der Waals surface area contributed by atoms with Gasteiger partial charge in [0.1, 0.15) is 0 Å². The Labute approximate surface area is 63.2 Å². The van der Waals surface area contributed by atoms with E-state index in [0.717, 1.165) is 6.42 Å². The largest absolute Gasteiger partial charge is 0.343 e. The van der Waals surface area contributed by atoms with Crippen LogP contribution in [0, 0.1) is 0 Å². The lowest BCUT2D eigenvalue weighted by Crippen LogP contribution is -2.33. The van der Waals surface area contributed by atoms with E-state index in [4.69, 9.17) is 0 Å². The molecule has 0 spiro atoms. The molecule has 0 aromatic heterocycles. The molecule has 0 aromatic carbocycles. The lowest BCUT2D eigenvalue weighted by Gasteiger charge is -2.22. The highest BCUT2D eigenvalue weighted by Gasteiger charge is 2.10. The Morgan fingerprint density at radius 1 is 1.50 bits per heavy atom. The van der Waals surface area contributed by atoms with Crippen molar-refractivity contribution in [1.29, 1.82) is 0 Å². The summed E-state index contributed by atoms with van der Waals surface area (Å²) < 4.78 is 0. The molecule has 0 N–H and O–H groups in total. The Kier molecular flexibility index (Phi) is 4.08. The highest BCUT2D eigenvalue weighted by molar-refractivity contribution is 5.75. The second-order valence-electron chi connectivity index (χ2n) is 2.62. The highest BCUT2D eigenvalue weighted by atomic mass is 16.2. The number of carbonyl (C=O) groups excluding carboxylic acids is 1. The average Bonchev–Trinajstić information content (AvgIpc) is 2.00. The van der Waals surface area contributed by atoms with Crippen molar-refractivity contribution >= 4 is 5.91 Å². The van der Waals surface area contributed by atoms with Crippen LogP contribution in [0.15, 0.2) is 0 Å². The highest BCUT2D eigenvalue weighted by Crippen LogP contribution is 2.01. The molecule has 0 bridgehead atoms. The molecule has 10 heavy (non-hydrogen) atoms. The van der Waals surface area contributed by atoms with Gasteiger partial charge in [-0.25, -0.2) is 0 Å². The van der Waals surface area contributed by atoms with Crippen molar-refractivity contribution in [3.05, 3.63) is 0 Å². The Balaban J connectivity index is 3.81. The van der Waals surface area contributed by atoms with E-state index in [2.05, 4.69) is 13.8 Å². The third kappa shape index (κ3) is 2.38. The van der Waals surface area contributed by atoms with Crippen molar-refractivity contribution in [2.45, 2.75) is 39.7 Å². The fourth-order valence-electron chi connectivity index (χ4n) is 0.769. The quantitative estimate of drug-likeness (QED) is 0.588. The van der Waals surface area contributed by atoms with Crippen LogP contribution in [0.3, 0.4) is 0 Å². The summed E-state index contributed by atoms with van der Waals surface area (Å²) in [5.41, 5.74) is 0. The molecule has 0 rings (SSSR count). The summed E-state index contributed by atoms with van der Waals surface area (Å²) in [6.07, 6.45) is 1.64. The minimum Gasteiger partial charge on any atom is -0.343 e. The molecule has 0 saturated carbocycles. The van der Waals surface area contributed by atoms with Gasteiger partial charge < -0.3 is 4.90 Å². The number of amides is 1. The van der Waals surface area contributed by atoms with Crippen LogP contribution in [0.1, 0.15) is 33.6 Å². The van der Waals surface area contributed by atoms with Crippen molar-refractivity contribution in [1.82, 2.24) is 4.90 Å². The van der Waals surface area contributed by atoms with Crippen LogP contribution in [-0.2, 0) is 4.79 Å². The minimum atomic E-state index is 0.231. The monoisotopic (exact) mass is 143 g/mol. The zero-order valence-corrected chi connectivity index (χ0v) is 7.35. The van der Waals surface area contributed by atoms with Crippen molar-refractivity contribution in [2.75, 3.05) is 7.05 Å². The van der Waals surface area contributed by atoms with Crippen molar-refractivity contribution < 1.29 is 4.79 Å². The fraction of sp³-hybridized carbons (Fsp3) is 0.875. The number of nitrogens with zero attached hydrogens (tertiary/aromatic N) is 1. The maximum Gasteiger partial charge on any atom is 0.222 e. The molecule has 0 aliphatic heterocycles. The van der Waals surface area contributed by atoms with Gasteiger partial charge in [0.2, 0.25) is 5.91 Å². The summed E-state index contributed by atoms with van der Waals surface area (Å²) in [5, 5.41) is 0. The first-order valence-electron chi connectivity index (χ1n) is 3.89. The minimum absolute atomic E-state index is 0.231. The van der Waals surface area contributed by atoms with Crippen LogP contribution in [0.4, 0.5) is 0 Å². The predicted octanol–water partition coefficient (Wildman–Crippen LogP) is 1.65. The summed E-state index contributed by atoms with van der Waals surface area (Å²) in [6, 6.07) is 0.382. The third-order valence-electron chi connectivity index (χ3n) is 1.95. The molecule has 1 amide bonds. The van der Waals surface area contributed by atoms with Crippen molar-refractivity contribution in [3.63, 3.8) is 0 Å². The van der Waals surface area contributed by atoms with Gasteiger partial charge in [-0.2, -0.15) is 0 Å². The summed E-state index contributed by atoms with van der Waals surface area (Å²) in [5.74, 6) is 0.231. The first-order valence-corrected chi connectivity index (χ1v) is 3.89. The van der Waals surface area contributed by atoms with E-state index in [1.54, 1.807) is 4.90 Å². The molecule has 1 atom stereocenters. The van der Waals surface area contributed by atoms with Gasteiger partial charge in [0, 0.05) is 19.5 Å². The molecule has 2 nitrogen and oxygen atoms in total. The standard InChI is InChI=1S/C8H17NO/c1-5-7(3)9(4)8(10)6-2/h7H,5-6H2,1-4H3. The molecule has 0 fully saturated rings. The maximum atomic E-state index is 11.0. The summed E-state index contributed by atoms with van der Waals surface area (Å²) in [6.45, 7) is 6.04. The van der Waals surface area contributed by atoms with E-state index in [9.17, 15) is 4.79 Å². The van der Waals surface area contributed by atoms with Gasteiger partial charge in [-0.1, -0.05) is 13.8 Å². The fourth-order valence-corrected chi connectivity index (χ4v) is 0.769. The van der Waals surface area contributed by atoms with E-state index < -0.39 is 0 Å². The number of hydrogen-bond donors (Lipinski definition) is 0. The molecule has 1 unspecified atom stereocenters.